The zero-order valence-electron chi connectivity index (χ0n) is 53.3. The second-order valence-corrected chi connectivity index (χ2v) is 28.0. The Bertz CT molecular complexity index is 3710. The summed E-state index contributed by atoms with van der Waals surface area (Å²) < 4.78 is 118. The van der Waals surface area contributed by atoms with Gasteiger partial charge in [-0.05, 0) is 228 Å². The molecule has 12 nitrogen and oxygen atoms in total. The number of Topliss-reactive ketones (excluding diaryl/α,β-unsaturated/α-hetero) is 2. The molecule has 23 heteroatoms. The van der Waals surface area contributed by atoms with Crippen molar-refractivity contribution in [1.29, 1.82) is 0 Å². The number of rotatable bonds is 12. The van der Waals surface area contributed by atoms with E-state index in [0.717, 1.165) is 146 Å². The van der Waals surface area contributed by atoms with Crippen LogP contribution in [0.3, 0.4) is 0 Å². The van der Waals surface area contributed by atoms with Crippen molar-refractivity contribution in [3.05, 3.63) is 199 Å². The zero-order chi connectivity index (χ0) is 68.1. The number of carbonyl (C=O) groups excluding carboxylic acids is 2. The fraction of sp³-hybridized carbons (Fsp3) is 0.451. The van der Waals surface area contributed by atoms with Crippen LogP contribution in [0.5, 0.6) is 0 Å². The highest BCUT2D eigenvalue weighted by Gasteiger charge is 2.53. The molecule has 13 rings (SSSR count). The van der Waals surface area contributed by atoms with Crippen LogP contribution in [0, 0.1) is 18.6 Å². The van der Waals surface area contributed by atoms with E-state index in [9.17, 15) is 54.9 Å². The fourth-order valence-electron chi connectivity index (χ4n) is 11.9. The number of aromatic nitrogens is 5. The highest BCUT2D eigenvalue weighted by Crippen LogP contribution is 2.49. The predicted octanol–water partition coefficient (Wildman–Crippen LogP) is 16.2. The lowest BCUT2D eigenvalue weighted by atomic mass is 9.62. The molecule has 7 heterocycles. The van der Waals surface area contributed by atoms with Gasteiger partial charge >= 0.3 is 19.5 Å². The summed E-state index contributed by atoms with van der Waals surface area (Å²) in [7, 11) is -0.464. The van der Waals surface area contributed by atoms with Gasteiger partial charge in [-0.15, -0.1) is 0 Å². The first-order valence-corrected chi connectivity index (χ1v) is 33.1. The smallest absolute Gasteiger partial charge is 0.399 e. The lowest BCUT2D eigenvalue weighted by Crippen LogP contribution is -2.44. The maximum Gasteiger partial charge on any atom is 0.496 e. The molecule has 1 atom stereocenters. The van der Waals surface area contributed by atoms with Gasteiger partial charge in [-0.25, -0.2) is 8.78 Å². The lowest BCUT2D eigenvalue weighted by Gasteiger charge is -2.40. The average Bonchev–Trinajstić information content (AvgIpc) is 0.875. The van der Waals surface area contributed by atoms with E-state index in [1.807, 2.05) is 71.1 Å². The maximum atomic E-state index is 13.2. The van der Waals surface area contributed by atoms with Gasteiger partial charge < -0.3 is 24.3 Å². The first-order chi connectivity index (χ1) is 44.2. The number of aliphatic hydroxyl groups is 2. The minimum absolute atomic E-state index is 0.136. The number of benzene rings is 2. The van der Waals surface area contributed by atoms with Gasteiger partial charge in [-0.2, -0.15) is 26.3 Å². The summed E-state index contributed by atoms with van der Waals surface area (Å²) in [5, 5.41) is 21.0. The molecule has 0 radical (unpaired) electrons. The van der Waals surface area contributed by atoms with Crippen molar-refractivity contribution in [3.8, 4) is 11.1 Å². The second kappa shape index (κ2) is 29.2. The van der Waals surface area contributed by atoms with Crippen LogP contribution in [-0.4, -0.2) is 77.7 Å². The Morgan fingerprint density at radius 3 is 1.44 bits per heavy atom. The summed E-state index contributed by atoms with van der Waals surface area (Å²) in [6.45, 7) is 13.1. The number of nitrogens with zero attached hydrogens (tertiary/aromatic N) is 5. The summed E-state index contributed by atoms with van der Waals surface area (Å²) >= 11 is 6.10. The molecule has 0 bridgehead atoms. The molecule has 1 unspecified atom stereocenters. The monoisotopic (exact) mass is 1430 g/mol. The normalized spacial score (nSPS) is 19.8. The first kappa shape index (κ1) is 72.1. The van der Waals surface area contributed by atoms with E-state index >= 15 is 0 Å². The minimum atomic E-state index is -4.48. The molecular weight excluding hydrogens is 1360 g/mol. The van der Waals surface area contributed by atoms with Gasteiger partial charge in [0, 0.05) is 87.2 Å². The average molecular weight is 1430 g/mol. The van der Waals surface area contributed by atoms with Crippen molar-refractivity contribution in [1.82, 2.24) is 24.9 Å². The number of hydrogen-bond donors (Lipinski definition) is 2. The lowest BCUT2D eigenvalue weighted by molar-refractivity contribution is -0.142. The number of hydrogen-bond acceptors (Lipinski definition) is 12. The van der Waals surface area contributed by atoms with Crippen LogP contribution in [-0.2, 0) is 70.9 Å². The first-order valence-electron chi connectivity index (χ1n) is 31.5. The van der Waals surface area contributed by atoms with E-state index in [4.69, 9.17) is 19.0 Å². The largest absolute Gasteiger partial charge is 0.496 e. The summed E-state index contributed by atoms with van der Waals surface area (Å²) in [5.74, 6) is -0.309. The van der Waals surface area contributed by atoms with E-state index in [1.54, 1.807) is 36.7 Å². The van der Waals surface area contributed by atoms with E-state index in [-0.39, 0.29) is 35.2 Å². The van der Waals surface area contributed by atoms with Crippen molar-refractivity contribution in [2.45, 2.75) is 196 Å². The van der Waals surface area contributed by atoms with Crippen molar-refractivity contribution in [2.24, 2.45) is 0 Å². The Labute approximate surface area is 559 Å². The molecular formula is C71H76BBr2F8N5O7. The summed E-state index contributed by atoms with van der Waals surface area (Å²) in [6, 6.07) is 25.2. The van der Waals surface area contributed by atoms with E-state index < -0.39 is 64.1 Å². The third-order valence-corrected chi connectivity index (χ3v) is 20.2. The number of carbonyl (C=O) groups is 2. The Morgan fingerprint density at radius 1 is 0.564 bits per heavy atom. The van der Waals surface area contributed by atoms with Crippen molar-refractivity contribution >= 4 is 56.0 Å². The summed E-state index contributed by atoms with van der Waals surface area (Å²) in [5.41, 5.74) is 2.31. The van der Waals surface area contributed by atoms with Crippen LogP contribution in [0.25, 0.3) is 11.1 Å². The molecule has 2 aliphatic heterocycles. The van der Waals surface area contributed by atoms with E-state index in [2.05, 4.69) is 58.7 Å². The molecule has 0 spiro atoms. The van der Waals surface area contributed by atoms with Crippen LogP contribution in [0.2, 0.25) is 0 Å². The number of halogens is 10. The van der Waals surface area contributed by atoms with Crippen LogP contribution < -0.4 is 5.46 Å². The molecule has 6 aliphatic rings. The number of ether oxygens (including phenoxy) is 1. The molecule has 6 fully saturated rings. The van der Waals surface area contributed by atoms with Crippen LogP contribution in [0.1, 0.15) is 175 Å². The summed E-state index contributed by atoms with van der Waals surface area (Å²) in [4.78, 5) is 46.7. The molecule has 2 aromatic carbocycles. The minimum Gasteiger partial charge on any atom is -0.399 e. The third-order valence-electron chi connectivity index (χ3n) is 19.1. The Kier molecular flexibility index (Phi) is 22.4. The standard InChI is InChI=1S/C27H27FN2O2.C23H27BFNO3.C10H9BrF3NO.C6H3BrF3N.C5H10O/c1-18-14-23(27(32)12-3-13-27)22(17-29-18)20-6-9-24(30-16-20)26(10-2-11-26)25(31)15-19-4-7-21(28)8-5-19;1-21(2)22(3,4)29-24(28-21)17-8-11-19(26-15-17)23(12-5-13-23)20(27)14-16-6-9-18(25)10-7-16;11-7-5-15-8(10(12,13)14)4-6(7)9(16)2-1-3-9;7-4-1-2-5(11-3-4)6(8,9)10;1-5-3-2-4-6-5/h4-9,14,16-17,32H,2-3,10-13,15H2,1H3;6-11,15H,5,12-14H2,1-4H3;4-5,16H,1-3H2;1-3H;5H,2-4H2,1H3. The van der Waals surface area contributed by atoms with E-state index in [1.165, 1.54) is 43.2 Å². The van der Waals surface area contributed by atoms with Crippen LogP contribution in [0.15, 0.2) is 137 Å². The molecule has 94 heavy (non-hydrogen) atoms. The van der Waals surface area contributed by atoms with Gasteiger partial charge in [0.1, 0.15) is 34.6 Å². The molecule has 2 saturated heterocycles. The van der Waals surface area contributed by atoms with Gasteiger partial charge in [0.25, 0.3) is 0 Å². The van der Waals surface area contributed by atoms with E-state index in [0.29, 0.717) is 34.3 Å². The van der Waals surface area contributed by atoms with Crippen molar-refractivity contribution in [2.75, 3.05) is 6.61 Å². The number of ketones is 2. The van der Waals surface area contributed by atoms with Gasteiger partial charge in [-0.3, -0.25) is 34.5 Å². The molecule has 5 aromatic heterocycles. The Morgan fingerprint density at radius 2 is 1.05 bits per heavy atom. The topological polar surface area (TPSA) is 167 Å². The van der Waals surface area contributed by atoms with Gasteiger partial charge in [-0.1, -0.05) is 49.2 Å². The van der Waals surface area contributed by atoms with Gasteiger partial charge in [0.2, 0.25) is 0 Å². The molecule has 2 N–H and O–H groups in total. The van der Waals surface area contributed by atoms with Gasteiger partial charge in [0.15, 0.2) is 0 Å². The van der Waals surface area contributed by atoms with Gasteiger partial charge in [0.05, 0.1) is 50.7 Å². The highest BCUT2D eigenvalue weighted by molar-refractivity contribution is 9.10. The fourth-order valence-corrected chi connectivity index (χ4v) is 12.8. The molecule has 0 amide bonds. The van der Waals surface area contributed by atoms with Crippen molar-refractivity contribution < 1.29 is 69.0 Å². The molecule has 500 valence electrons. The molecule has 4 aliphatic carbocycles. The van der Waals surface area contributed by atoms with Crippen LogP contribution in [0.4, 0.5) is 35.1 Å². The summed E-state index contributed by atoms with van der Waals surface area (Å²) in [6.07, 6.45) is 12.0. The highest BCUT2D eigenvalue weighted by atomic mass is 79.9. The SMILES string of the molecule is CC1(C)OB(c2ccc(C3(C(=O)Cc4ccc(F)cc4)CCC3)nc2)OC1(C)C.CC1CCCO1.Cc1cc(C2(O)CCC2)c(-c2ccc(C3(C(=O)Cc4ccc(F)cc4)CCC3)nc2)cn1.FC(F)(F)c1ccc(Br)cn1.OC1(c2cc(C(F)(F)F)ncc2Br)CCC1. The maximum absolute atomic E-state index is 13.2. The zero-order valence-corrected chi connectivity index (χ0v) is 56.4. The van der Waals surface area contributed by atoms with Crippen molar-refractivity contribution in [3.63, 3.8) is 0 Å². The number of aryl methyl sites for hydroxylation is 1. The molecule has 4 saturated carbocycles. The quantitative estimate of drug-likeness (QED) is 0.0879. The van der Waals surface area contributed by atoms with Crippen LogP contribution >= 0.6 is 31.9 Å². The Balaban J connectivity index is 0.000000152. The second-order valence-electron chi connectivity index (χ2n) is 26.2. The number of pyridine rings is 5. The predicted molar refractivity (Wildman–Crippen MR) is 347 cm³/mol. The third kappa shape index (κ3) is 16.8. The molecule has 7 aromatic rings. The number of alkyl halides is 6. The Hall–Kier alpha value is -6.21.